The zero-order valence-corrected chi connectivity index (χ0v) is 16.0. The van der Waals surface area contributed by atoms with E-state index in [1.807, 2.05) is 30.3 Å². The molecule has 2 atom stereocenters. The Morgan fingerprint density at radius 1 is 1.46 bits per heavy atom. The first-order chi connectivity index (χ1) is 13.7. The van der Waals surface area contributed by atoms with Crippen molar-refractivity contribution in [2.45, 2.75) is 32.0 Å². The van der Waals surface area contributed by atoms with Gasteiger partial charge in [0.15, 0.2) is 0 Å². The van der Waals surface area contributed by atoms with Crippen molar-refractivity contribution >= 4 is 12.0 Å². The SMILES string of the molecule is CCOC(=O)C=Cc1ccc2c(c1)CC[C@@H](CNC[C@H](O)c1cccnc1)O2. The number of nitrogens with zero attached hydrogens (tertiary/aromatic N) is 1. The number of hydrogen-bond acceptors (Lipinski definition) is 6. The third kappa shape index (κ3) is 5.65. The molecule has 0 bridgehead atoms. The van der Waals surface area contributed by atoms with E-state index < -0.39 is 6.10 Å². The van der Waals surface area contributed by atoms with Crippen LogP contribution in [0, 0.1) is 0 Å². The van der Waals surface area contributed by atoms with Crippen molar-refractivity contribution in [2.75, 3.05) is 19.7 Å². The molecule has 6 nitrogen and oxygen atoms in total. The van der Waals surface area contributed by atoms with Gasteiger partial charge in [-0.2, -0.15) is 0 Å². The number of nitrogens with one attached hydrogen (secondary N) is 1. The monoisotopic (exact) mass is 382 g/mol. The van der Waals surface area contributed by atoms with Gasteiger partial charge in [0.2, 0.25) is 0 Å². The first kappa shape index (κ1) is 20.0. The number of fused-ring (bicyclic) bond motifs is 1. The van der Waals surface area contributed by atoms with Crippen molar-refractivity contribution in [3.05, 3.63) is 65.5 Å². The molecule has 0 amide bonds. The largest absolute Gasteiger partial charge is 0.489 e. The fourth-order valence-electron chi connectivity index (χ4n) is 3.14. The summed E-state index contributed by atoms with van der Waals surface area (Å²) in [6.45, 7) is 3.28. The zero-order chi connectivity index (χ0) is 19.8. The Labute approximate surface area is 165 Å². The first-order valence-corrected chi connectivity index (χ1v) is 9.59. The number of aliphatic hydroxyl groups is 1. The molecular weight excluding hydrogens is 356 g/mol. The number of esters is 1. The smallest absolute Gasteiger partial charge is 0.330 e. The third-order valence-corrected chi connectivity index (χ3v) is 4.59. The number of rotatable bonds is 8. The summed E-state index contributed by atoms with van der Waals surface area (Å²) in [5.74, 6) is 0.537. The van der Waals surface area contributed by atoms with Crippen molar-refractivity contribution in [1.29, 1.82) is 0 Å². The summed E-state index contributed by atoms with van der Waals surface area (Å²) >= 11 is 0. The molecule has 0 radical (unpaired) electrons. The summed E-state index contributed by atoms with van der Waals surface area (Å²) in [6, 6.07) is 9.59. The Morgan fingerprint density at radius 3 is 3.14 bits per heavy atom. The second kappa shape index (κ2) is 10.0. The minimum absolute atomic E-state index is 0.0644. The van der Waals surface area contributed by atoms with Gasteiger partial charge >= 0.3 is 5.97 Å². The lowest BCUT2D eigenvalue weighted by Crippen LogP contribution is -2.36. The van der Waals surface area contributed by atoms with E-state index in [1.54, 1.807) is 25.4 Å². The maximum Gasteiger partial charge on any atom is 0.330 e. The van der Waals surface area contributed by atoms with Crippen LogP contribution in [0.15, 0.2) is 48.8 Å². The van der Waals surface area contributed by atoms with E-state index in [1.165, 1.54) is 6.08 Å². The van der Waals surface area contributed by atoms with Crippen LogP contribution in [-0.2, 0) is 16.0 Å². The maximum atomic E-state index is 11.4. The standard InChI is InChI=1S/C22H26N2O4/c1-2-27-22(26)10-6-16-5-9-21-17(12-16)7-8-19(28-21)14-24-15-20(25)18-4-3-11-23-13-18/h3-6,9-13,19-20,24-25H,2,7-8,14-15H2,1H3/t19-,20-/m0/s1. The van der Waals surface area contributed by atoms with Crippen molar-refractivity contribution in [1.82, 2.24) is 10.3 Å². The predicted octanol–water partition coefficient (Wildman–Crippen LogP) is 2.67. The Hall–Kier alpha value is -2.70. The Kier molecular flexibility index (Phi) is 7.17. The number of aromatic nitrogens is 1. The van der Waals surface area contributed by atoms with Gasteiger partial charge in [-0.05, 0) is 55.2 Å². The van der Waals surface area contributed by atoms with Crippen molar-refractivity contribution in [2.24, 2.45) is 0 Å². The zero-order valence-electron chi connectivity index (χ0n) is 16.0. The van der Waals surface area contributed by atoms with E-state index in [4.69, 9.17) is 9.47 Å². The molecule has 2 heterocycles. The average Bonchev–Trinajstić information content (AvgIpc) is 2.73. The number of carbonyl (C=O) groups excluding carboxylic acids is 1. The van der Waals surface area contributed by atoms with Gasteiger partial charge in [0.05, 0.1) is 12.7 Å². The van der Waals surface area contributed by atoms with Crippen molar-refractivity contribution in [3.63, 3.8) is 0 Å². The molecule has 0 aliphatic carbocycles. The van der Waals surface area contributed by atoms with Crippen molar-refractivity contribution in [3.8, 4) is 5.75 Å². The minimum atomic E-state index is -0.585. The van der Waals surface area contributed by atoms with E-state index in [2.05, 4.69) is 10.3 Å². The fraction of sp³-hybridized carbons (Fsp3) is 0.364. The van der Waals surface area contributed by atoms with Crippen LogP contribution in [0.4, 0.5) is 0 Å². The molecule has 2 aromatic rings. The molecule has 0 spiro atoms. The Balaban J connectivity index is 1.48. The molecule has 1 aromatic heterocycles. The Bertz CT molecular complexity index is 807. The molecule has 1 aromatic carbocycles. The number of pyridine rings is 1. The van der Waals surface area contributed by atoms with Crippen LogP contribution in [0.25, 0.3) is 6.08 Å². The van der Waals surface area contributed by atoms with Crippen LogP contribution in [0.3, 0.4) is 0 Å². The molecule has 0 saturated heterocycles. The number of aryl methyl sites for hydroxylation is 1. The van der Waals surface area contributed by atoms with Gasteiger partial charge in [-0.1, -0.05) is 12.1 Å². The van der Waals surface area contributed by atoms with Crippen LogP contribution < -0.4 is 10.1 Å². The van der Waals surface area contributed by atoms with Gasteiger partial charge in [-0.25, -0.2) is 4.79 Å². The molecule has 1 aliphatic heterocycles. The molecule has 3 rings (SSSR count). The van der Waals surface area contributed by atoms with E-state index in [0.717, 1.165) is 35.3 Å². The third-order valence-electron chi connectivity index (χ3n) is 4.59. The molecule has 0 fully saturated rings. The lowest BCUT2D eigenvalue weighted by Gasteiger charge is -2.27. The van der Waals surface area contributed by atoms with Gasteiger partial charge in [-0.15, -0.1) is 0 Å². The fourth-order valence-corrected chi connectivity index (χ4v) is 3.14. The summed E-state index contributed by atoms with van der Waals surface area (Å²) in [6.07, 6.45) is 7.85. The molecule has 148 valence electrons. The quantitative estimate of drug-likeness (QED) is 0.540. The summed E-state index contributed by atoms with van der Waals surface area (Å²) in [7, 11) is 0. The highest BCUT2D eigenvalue weighted by atomic mass is 16.5. The van der Waals surface area contributed by atoms with Crippen LogP contribution in [0.5, 0.6) is 5.75 Å². The van der Waals surface area contributed by atoms with Gasteiger partial charge in [0.25, 0.3) is 0 Å². The molecule has 1 aliphatic rings. The molecule has 0 unspecified atom stereocenters. The summed E-state index contributed by atoms with van der Waals surface area (Å²) < 4.78 is 11.0. The normalized spacial score (nSPS) is 17.0. The van der Waals surface area contributed by atoms with Crippen LogP contribution in [0.1, 0.15) is 36.1 Å². The predicted molar refractivity (Wildman–Crippen MR) is 107 cm³/mol. The highest BCUT2D eigenvalue weighted by Crippen LogP contribution is 2.28. The number of benzene rings is 1. The lowest BCUT2D eigenvalue weighted by atomic mass is 9.99. The number of ether oxygens (including phenoxy) is 2. The van der Waals surface area contributed by atoms with Crippen LogP contribution >= 0.6 is 0 Å². The molecule has 28 heavy (non-hydrogen) atoms. The topological polar surface area (TPSA) is 80.7 Å². The number of carbonyl (C=O) groups is 1. The van der Waals surface area contributed by atoms with Crippen LogP contribution in [0.2, 0.25) is 0 Å². The first-order valence-electron chi connectivity index (χ1n) is 9.59. The number of hydrogen-bond donors (Lipinski definition) is 2. The molecular formula is C22H26N2O4. The molecule has 0 saturated carbocycles. The summed E-state index contributed by atoms with van der Waals surface area (Å²) in [4.78, 5) is 15.4. The summed E-state index contributed by atoms with van der Waals surface area (Å²) in [5.41, 5.74) is 2.89. The van der Waals surface area contributed by atoms with E-state index >= 15 is 0 Å². The van der Waals surface area contributed by atoms with Gasteiger partial charge in [0, 0.05) is 37.1 Å². The van der Waals surface area contributed by atoms with E-state index in [9.17, 15) is 9.90 Å². The maximum absolute atomic E-state index is 11.4. The van der Waals surface area contributed by atoms with E-state index in [-0.39, 0.29) is 12.1 Å². The van der Waals surface area contributed by atoms with Gasteiger partial charge in [-0.3, -0.25) is 4.98 Å². The van der Waals surface area contributed by atoms with Gasteiger partial charge < -0.3 is 19.9 Å². The van der Waals surface area contributed by atoms with Crippen molar-refractivity contribution < 1.29 is 19.4 Å². The highest BCUT2D eigenvalue weighted by Gasteiger charge is 2.20. The van der Waals surface area contributed by atoms with Crippen LogP contribution in [-0.4, -0.2) is 41.9 Å². The second-order valence-electron chi connectivity index (χ2n) is 6.69. The van der Waals surface area contributed by atoms with E-state index in [0.29, 0.717) is 19.7 Å². The Morgan fingerprint density at radius 2 is 2.36 bits per heavy atom. The summed E-state index contributed by atoms with van der Waals surface area (Å²) in [5, 5.41) is 13.5. The molecule has 6 heteroatoms. The molecule has 2 N–H and O–H groups in total. The number of aliphatic hydroxyl groups excluding tert-OH is 1. The second-order valence-corrected chi connectivity index (χ2v) is 6.69. The minimum Gasteiger partial charge on any atom is -0.489 e. The van der Waals surface area contributed by atoms with Gasteiger partial charge in [0.1, 0.15) is 11.9 Å². The highest BCUT2D eigenvalue weighted by molar-refractivity contribution is 5.87. The average molecular weight is 382 g/mol. The lowest BCUT2D eigenvalue weighted by molar-refractivity contribution is -0.137.